The molecule has 0 spiro atoms. The summed E-state index contributed by atoms with van der Waals surface area (Å²) in [5, 5.41) is 0.412. The summed E-state index contributed by atoms with van der Waals surface area (Å²) in [7, 11) is 0. The van der Waals surface area contributed by atoms with E-state index < -0.39 is 11.8 Å². The third kappa shape index (κ3) is 3.19. The number of amides is 3. The van der Waals surface area contributed by atoms with E-state index in [2.05, 4.69) is 0 Å². The van der Waals surface area contributed by atoms with Crippen LogP contribution in [-0.2, 0) is 0 Å². The Bertz CT molecular complexity index is 941. The van der Waals surface area contributed by atoms with Crippen LogP contribution in [0.25, 0.3) is 0 Å². The van der Waals surface area contributed by atoms with Crippen molar-refractivity contribution in [2.24, 2.45) is 0 Å². The highest BCUT2D eigenvalue weighted by atomic mass is 35.5. The van der Waals surface area contributed by atoms with Gasteiger partial charge in [0, 0.05) is 13.1 Å². The Morgan fingerprint density at radius 1 is 0.821 bits per heavy atom. The summed E-state index contributed by atoms with van der Waals surface area (Å²) in [5.41, 5.74) is 1.01. The van der Waals surface area contributed by atoms with Gasteiger partial charge in [0.1, 0.15) is 0 Å². The van der Waals surface area contributed by atoms with Gasteiger partial charge in [-0.3, -0.25) is 14.4 Å². The lowest BCUT2D eigenvalue weighted by molar-refractivity contribution is 0.0762. The number of imide groups is 1. The van der Waals surface area contributed by atoms with Crippen LogP contribution in [0.2, 0.25) is 10.0 Å². The first kappa shape index (κ1) is 19.0. The van der Waals surface area contributed by atoms with Crippen LogP contribution in [0.5, 0.6) is 0 Å². The molecule has 1 fully saturated rings. The van der Waals surface area contributed by atoms with Crippen molar-refractivity contribution in [2.45, 2.75) is 25.7 Å². The first-order valence-corrected chi connectivity index (χ1v) is 10.0. The van der Waals surface area contributed by atoms with Gasteiger partial charge in [0.05, 0.1) is 32.4 Å². The topological polar surface area (TPSA) is 57.7 Å². The van der Waals surface area contributed by atoms with E-state index in [1.807, 2.05) is 0 Å². The van der Waals surface area contributed by atoms with Crippen LogP contribution in [0.15, 0.2) is 36.4 Å². The van der Waals surface area contributed by atoms with Gasteiger partial charge in [-0.25, -0.2) is 4.90 Å². The summed E-state index contributed by atoms with van der Waals surface area (Å²) in [6.07, 6.45) is 4.12. The summed E-state index contributed by atoms with van der Waals surface area (Å²) >= 11 is 12.0. The van der Waals surface area contributed by atoms with E-state index in [0.29, 0.717) is 18.7 Å². The van der Waals surface area contributed by atoms with Crippen molar-refractivity contribution < 1.29 is 14.4 Å². The fraction of sp³-hybridized carbons (Fsp3) is 0.286. The largest absolute Gasteiger partial charge is 0.339 e. The van der Waals surface area contributed by atoms with E-state index in [1.54, 1.807) is 29.2 Å². The molecule has 0 N–H and O–H groups in total. The number of rotatable bonds is 2. The minimum absolute atomic E-state index is 0.162. The zero-order chi connectivity index (χ0) is 19.8. The van der Waals surface area contributed by atoms with Crippen LogP contribution in [-0.4, -0.2) is 35.7 Å². The molecule has 0 radical (unpaired) electrons. The molecular formula is C21H18Cl2N2O3. The molecule has 5 nitrogen and oxygen atoms in total. The molecule has 2 aromatic carbocycles. The van der Waals surface area contributed by atoms with Crippen LogP contribution in [0.3, 0.4) is 0 Å². The van der Waals surface area contributed by atoms with Gasteiger partial charge in [0.2, 0.25) is 0 Å². The SMILES string of the molecule is O=C(c1ccccc1N1C(=O)c2cc(Cl)c(Cl)cc2C1=O)N1CCCCCC1. The molecule has 2 aromatic rings. The summed E-state index contributed by atoms with van der Waals surface area (Å²) < 4.78 is 0. The zero-order valence-electron chi connectivity index (χ0n) is 15.1. The number of anilines is 1. The highest BCUT2D eigenvalue weighted by molar-refractivity contribution is 6.44. The molecule has 0 saturated carbocycles. The number of hydrogen-bond donors (Lipinski definition) is 0. The van der Waals surface area contributed by atoms with E-state index in [4.69, 9.17) is 23.2 Å². The molecule has 0 atom stereocenters. The molecule has 0 aromatic heterocycles. The summed E-state index contributed by atoms with van der Waals surface area (Å²) in [4.78, 5) is 41.9. The third-order valence-corrected chi connectivity index (χ3v) is 5.92. The Morgan fingerprint density at radius 3 is 1.93 bits per heavy atom. The highest BCUT2D eigenvalue weighted by Crippen LogP contribution is 2.35. The standard InChI is InChI=1S/C21H18Cl2N2O3/c22-16-11-14-15(12-17(16)23)21(28)25(20(14)27)18-8-4-3-7-13(18)19(26)24-9-5-1-2-6-10-24/h3-4,7-8,11-12H,1-2,5-6,9-10H2. The summed E-state index contributed by atoms with van der Waals surface area (Å²) in [5.74, 6) is -1.17. The molecule has 2 aliphatic heterocycles. The predicted octanol–water partition coefficient (Wildman–Crippen LogP) is 4.81. The fourth-order valence-electron chi connectivity index (χ4n) is 3.75. The van der Waals surface area contributed by atoms with Crippen LogP contribution in [0.1, 0.15) is 56.8 Å². The van der Waals surface area contributed by atoms with Crippen molar-refractivity contribution in [1.82, 2.24) is 4.90 Å². The van der Waals surface area contributed by atoms with E-state index in [0.717, 1.165) is 30.6 Å². The Morgan fingerprint density at radius 2 is 1.36 bits per heavy atom. The van der Waals surface area contributed by atoms with Crippen molar-refractivity contribution >= 4 is 46.6 Å². The van der Waals surface area contributed by atoms with Crippen molar-refractivity contribution in [2.75, 3.05) is 18.0 Å². The smallest absolute Gasteiger partial charge is 0.266 e. The molecule has 2 aliphatic rings. The number of carbonyl (C=O) groups excluding carboxylic acids is 3. The maximum atomic E-state index is 13.2. The fourth-order valence-corrected chi connectivity index (χ4v) is 4.07. The monoisotopic (exact) mass is 416 g/mol. The van der Waals surface area contributed by atoms with Gasteiger partial charge in [-0.1, -0.05) is 48.2 Å². The maximum Gasteiger partial charge on any atom is 0.266 e. The second-order valence-electron chi connectivity index (χ2n) is 6.98. The van der Waals surface area contributed by atoms with Gasteiger partial charge in [-0.15, -0.1) is 0 Å². The summed E-state index contributed by atoms with van der Waals surface area (Å²) in [6.45, 7) is 1.36. The molecule has 0 bridgehead atoms. The molecule has 2 heterocycles. The number of carbonyl (C=O) groups is 3. The molecule has 144 valence electrons. The lowest BCUT2D eigenvalue weighted by atomic mass is 10.1. The van der Waals surface area contributed by atoms with Crippen LogP contribution >= 0.6 is 23.2 Å². The normalized spacial score (nSPS) is 16.9. The number of para-hydroxylation sites is 1. The molecule has 1 saturated heterocycles. The Kier molecular flexibility index (Phi) is 5.13. The zero-order valence-corrected chi connectivity index (χ0v) is 16.6. The highest BCUT2D eigenvalue weighted by Gasteiger charge is 2.39. The van der Waals surface area contributed by atoms with Gasteiger partial charge in [0.15, 0.2) is 0 Å². The average Bonchev–Trinajstić information content (AvgIpc) is 2.89. The van der Waals surface area contributed by atoms with Crippen molar-refractivity contribution in [1.29, 1.82) is 0 Å². The van der Waals surface area contributed by atoms with E-state index in [-0.39, 0.29) is 32.8 Å². The van der Waals surface area contributed by atoms with Gasteiger partial charge >= 0.3 is 0 Å². The second kappa shape index (κ2) is 7.57. The van der Waals surface area contributed by atoms with E-state index >= 15 is 0 Å². The summed E-state index contributed by atoms with van der Waals surface area (Å²) in [6, 6.07) is 9.53. The molecule has 0 aliphatic carbocycles. The van der Waals surface area contributed by atoms with Gasteiger partial charge < -0.3 is 4.90 Å². The Hall–Kier alpha value is -2.37. The van der Waals surface area contributed by atoms with Gasteiger partial charge in [0.25, 0.3) is 17.7 Å². The molecule has 3 amide bonds. The maximum absolute atomic E-state index is 13.2. The number of hydrogen-bond acceptors (Lipinski definition) is 3. The van der Waals surface area contributed by atoms with Crippen LogP contribution in [0, 0.1) is 0 Å². The molecule has 28 heavy (non-hydrogen) atoms. The predicted molar refractivity (Wildman–Crippen MR) is 108 cm³/mol. The number of benzene rings is 2. The number of nitrogens with zero attached hydrogens (tertiary/aromatic N) is 2. The second-order valence-corrected chi connectivity index (χ2v) is 7.80. The number of likely N-dealkylation sites (tertiary alicyclic amines) is 1. The van der Waals surface area contributed by atoms with E-state index in [9.17, 15) is 14.4 Å². The van der Waals surface area contributed by atoms with Crippen molar-refractivity contribution in [3.05, 3.63) is 63.1 Å². The van der Waals surface area contributed by atoms with Crippen molar-refractivity contribution in [3.8, 4) is 0 Å². The molecular weight excluding hydrogens is 399 g/mol. The Labute approximate surface area is 172 Å². The third-order valence-electron chi connectivity index (χ3n) is 5.20. The van der Waals surface area contributed by atoms with Crippen LogP contribution < -0.4 is 4.90 Å². The lowest BCUT2D eigenvalue weighted by Crippen LogP contribution is -2.35. The molecule has 0 unspecified atom stereocenters. The van der Waals surface area contributed by atoms with Gasteiger partial charge in [-0.05, 0) is 37.1 Å². The van der Waals surface area contributed by atoms with Crippen molar-refractivity contribution in [3.63, 3.8) is 0 Å². The number of halogens is 2. The molecule has 7 heteroatoms. The quantitative estimate of drug-likeness (QED) is 0.659. The first-order chi connectivity index (χ1) is 13.5. The lowest BCUT2D eigenvalue weighted by Gasteiger charge is -2.24. The van der Waals surface area contributed by atoms with E-state index in [1.165, 1.54) is 12.1 Å². The van der Waals surface area contributed by atoms with Gasteiger partial charge in [-0.2, -0.15) is 0 Å². The Balaban J connectivity index is 1.74. The first-order valence-electron chi connectivity index (χ1n) is 9.25. The molecule has 4 rings (SSSR count). The number of fused-ring (bicyclic) bond motifs is 1. The van der Waals surface area contributed by atoms with Crippen LogP contribution in [0.4, 0.5) is 5.69 Å². The minimum Gasteiger partial charge on any atom is -0.339 e. The minimum atomic E-state index is -0.505. The average molecular weight is 417 g/mol.